The van der Waals surface area contributed by atoms with Gasteiger partial charge < -0.3 is 14.2 Å². The van der Waals surface area contributed by atoms with Gasteiger partial charge in [0, 0.05) is 60.7 Å². The molecule has 0 bridgehead atoms. The van der Waals surface area contributed by atoms with Crippen molar-refractivity contribution in [2.24, 2.45) is 0 Å². The molecule has 0 saturated heterocycles. The van der Waals surface area contributed by atoms with Crippen LogP contribution in [0.2, 0.25) is 5.02 Å². The Balaban J connectivity index is 1.66. The van der Waals surface area contributed by atoms with Gasteiger partial charge in [-0.3, -0.25) is 9.55 Å². The summed E-state index contributed by atoms with van der Waals surface area (Å²) in [6, 6.07) is 19.8. The highest BCUT2D eigenvalue weighted by molar-refractivity contribution is 7.71. The highest BCUT2D eigenvalue weighted by Gasteiger charge is 2.16. The van der Waals surface area contributed by atoms with Crippen LogP contribution >= 0.6 is 23.8 Å². The maximum Gasteiger partial charge on any atom is 0.184 e. The van der Waals surface area contributed by atoms with Gasteiger partial charge in [-0.05, 0) is 67.2 Å². The molecule has 7 heteroatoms. The maximum atomic E-state index is 6.13. The normalized spacial score (nSPS) is 10.8. The summed E-state index contributed by atoms with van der Waals surface area (Å²) < 4.78 is 10.6. The molecule has 0 fully saturated rings. The fraction of sp³-hybridized carbons (Fsp3) is 0.200. The molecular weight excluding hydrogens is 440 g/mol. The van der Waals surface area contributed by atoms with Crippen LogP contribution in [0.3, 0.4) is 0 Å². The van der Waals surface area contributed by atoms with Crippen molar-refractivity contribution in [2.75, 3.05) is 25.6 Å². The predicted molar refractivity (Wildman–Crippen MR) is 134 cm³/mol. The van der Waals surface area contributed by atoms with E-state index in [2.05, 4.69) is 38.3 Å². The molecule has 2 heterocycles. The van der Waals surface area contributed by atoms with E-state index in [4.69, 9.17) is 28.6 Å². The van der Waals surface area contributed by atoms with Gasteiger partial charge in [0.2, 0.25) is 0 Å². The number of nitrogens with zero attached hydrogens (tertiary/aromatic N) is 4. The number of aryl methyl sites for hydroxylation is 1. The molecule has 0 aliphatic heterocycles. The summed E-state index contributed by atoms with van der Waals surface area (Å²) in [4.78, 5) is 6.32. The van der Waals surface area contributed by atoms with Gasteiger partial charge in [-0.25, -0.2) is 0 Å². The molecule has 4 aromatic rings. The van der Waals surface area contributed by atoms with E-state index >= 15 is 0 Å². The highest BCUT2D eigenvalue weighted by Crippen LogP contribution is 2.32. The number of halogens is 1. The number of methoxy groups -OCH3 is 1. The molecule has 164 valence electrons. The first-order chi connectivity index (χ1) is 15.6. The van der Waals surface area contributed by atoms with Gasteiger partial charge in [-0.1, -0.05) is 23.7 Å². The zero-order chi connectivity index (χ0) is 22.5. The third-order valence-corrected chi connectivity index (χ3v) is 6.09. The Labute approximate surface area is 198 Å². The van der Waals surface area contributed by atoms with Gasteiger partial charge in [0.25, 0.3) is 0 Å². The first-order valence-corrected chi connectivity index (χ1v) is 11.2. The van der Waals surface area contributed by atoms with E-state index in [-0.39, 0.29) is 0 Å². The lowest BCUT2D eigenvalue weighted by molar-refractivity contribution is 0.416. The maximum absolute atomic E-state index is 6.13. The van der Waals surface area contributed by atoms with E-state index in [1.807, 2.05) is 67.0 Å². The number of ether oxygens (including phenoxy) is 1. The molecule has 2 aromatic heterocycles. The van der Waals surface area contributed by atoms with Crippen molar-refractivity contribution >= 4 is 29.5 Å². The molecule has 32 heavy (non-hydrogen) atoms. The average Bonchev–Trinajstić information content (AvgIpc) is 3.16. The summed E-state index contributed by atoms with van der Waals surface area (Å²) in [5.74, 6) is 0.805. The largest absolute Gasteiger partial charge is 0.496 e. The van der Waals surface area contributed by atoms with Crippen molar-refractivity contribution in [3.05, 3.63) is 89.0 Å². The van der Waals surface area contributed by atoms with Gasteiger partial charge in [-0.2, -0.15) is 0 Å². The van der Waals surface area contributed by atoms with Crippen molar-refractivity contribution < 1.29 is 4.74 Å². The molecule has 0 N–H and O–H groups in total. The molecule has 0 aliphatic rings. The van der Waals surface area contributed by atoms with Gasteiger partial charge in [0.1, 0.15) is 5.75 Å². The molecule has 0 spiro atoms. The van der Waals surface area contributed by atoms with Crippen LogP contribution in [0.5, 0.6) is 5.75 Å². The third kappa shape index (κ3) is 4.71. The number of imidazole rings is 1. The monoisotopic (exact) mass is 464 g/mol. The van der Waals surface area contributed by atoms with Crippen LogP contribution in [0, 0.1) is 4.77 Å². The predicted octanol–water partition coefficient (Wildman–Crippen LogP) is 6.26. The smallest absolute Gasteiger partial charge is 0.184 e. The second-order valence-electron chi connectivity index (χ2n) is 7.48. The van der Waals surface area contributed by atoms with Gasteiger partial charge in [0.15, 0.2) is 4.77 Å². The summed E-state index contributed by atoms with van der Waals surface area (Å²) >= 11 is 12.0. The number of rotatable bonds is 8. The van der Waals surface area contributed by atoms with Crippen LogP contribution in [-0.2, 0) is 6.54 Å². The Bertz CT molecular complexity index is 1240. The Morgan fingerprint density at radius 1 is 1.03 bits per heavy atom. The molecule has 0 radical (unpaired) electrons. The molecule has 0 unspecified atom stereocenters. The van der Waals surface area contributed by atoms with Crippen LogP contribution in [-0.4, -0.2) is 34.8 Å². The number of para-hydroxylation sites is 1. The zero-order valence-electron chi connectivity index (χ0n) is 18.1. The first-order valence-electron chi connectivity index (χ1n) is 10.4. The van der Waals surface area contributed by atoms with Crippen molar-refractivity contribution in [3.63, 3.8) is 0 Å². The quantitative estimate of drug-likeness (QED) is 0.288. The van der Waals surface area contributed by atoms with Crippen molar-refractivity contribution in [3.8, 4) is 22.7 Å². The van der Waals surface area contributed by atoms with E-state index in [0.29, 0.717) is 5.02 Å². The van der Waals surface area contributed by atoms with Gasteiger partial charge >= 0.3 is 0 Å². The third-order valence-electron chi connectivity index (χ3n) is 5.42. The SMILES string of the molecule is COc1ccccc1-c1cn(CCCN(C)c2ccncc2)c(=S)n1-c1ccc(Cl)cc1. The Morgan fingerprint density at radius 3 is 2.47 bits per heavy atom. The molecule has 0 amide bonds. The summed E-state index contributed by atoms with van der Waals surface area (Å²) in [6.07, 6.45) is 6.69. The Kier molecular flexibility index (Phi) is 6.93. The highest BCUT2D eigenvalue weighted by atomic mass is 35.5. The number of hydrogen-bond donors (Lipinski definition) is 0. The van der Waals surface area contributed by atoms with Crippen LogP contribution in [0.1, 0.15) is 6.42 Å². The number of pyridine rings is 1. The number of aromatic nitrogens is 3. The summed E-state index contributed by atoms with van der Waals surface area (Å²) in [6.45, 7) is 1.71. The minimum absolute atomic E-state index is 0.692. The number of hydrogen-bond acceptors (Lipinski definition) is 4. The topological polar surface area (TPSA) is 35.2 Å². The Hall–Kier alpha value is -3.09. The number of anilines is 1. The van der Waals surface area contributed by atoms with Crippen LogP contribution < -0.4 is 9.64 Å². The molecule has 4 rings (SSSR count). The van der Waals surface area contributed by atoms with Gasteiger partial charge in [0.05, 0.1) is 12.8 Å². The fourth-order valence-electron chi connectivity index (χ4n) is 3.74. The lowest BCUT2D eigenvalue weighted by Crippen LogP contribution is -2.19. The van der Waals surface area contributed by atoms with E-state index in [1.165, 1.54) is 0 Å². The second-order valence-corrected chi connectivity index (χ2v) is 8.28. The Morgan fingerprint density at radius 2 is 1.75 bits per heavy atom. The molecular formula is C25H25ClN4OS. The van der Waals surface area contributed by atoms with Crippen LogP contribution in [0.25, 0.3) is 16.9 Å². The minimum Gasteiger partial charge on any atom is -0.496 e. The summed E-state index contributed by atoms with van der Waals surface area (Å²) in [5, 5.41) is 0.692. The van der Waals surface area contributed by atoms with Crippen molar-refractivity contribution in [1.82, 2.24) is 14.1 Å². The molecule has 0 saturated carbocycles. The average molecular weight is 465 g/mol. The molecule has 5 nitrogen and oxygen atoms in total. The minimum atomic E-state index is 0.692. The first kappa shape index (κ1) is 22.1. The van der Waals surface area contributed by atoms with Crippen molar-refractivity contribution in [2.45, 2.75) is 13.0 Å². The molecule has 2 aromatic carbocycles. The van der Waals surface area contributed by atoms with E-state index in [1.54, 1.807) is 7.11 Å². The second kappa shape index (κ2) is 10.0. The summed E-state index contributed by atoms with van der Waals surface area (Å²) in [5.41, 5.74) is 4.09. The van der Waals surface area contributed by atoms with E-state index in [9.17, 15) is 0 Å². The summed E-state index contributed by atoms with van der Waals surface area (Å²) in [7, 11) is 3.78. The van der Waals surface area contributed by atoms with Gasteiger partial charge in [-0.15, -0.1) is 0 Å². The van der Waals surface area contributed by atoms with Crippen molar-refractivity contribution in [1.29, 1.82) is 0 Å². The van der Waals surface area contributed by atoms with E-state index in [0.717, 1.165) is 52.7 Å². The molecule has 0 atom stereocenters. The van der Waals surface area contributed by atoms with Crippen LogP contribution in [0.4, 0.5) is 5.69 Å². The van der Waals surface area contributed by atoms with Crippen LogP contribution in [0.15, 0.2) is 79.3 Å². The standard InChI is InChI=1S/C25H25ClN4OS/c1-28(20-12-14-27-15-13-20)16-5-17-29-18-23(22-6-3-4-7-24(22)31-2)30(25(29)32)21-10-8-19(26)9-11-21/h3-4,6-15,18H,5,16-17H2,1-2H3. The molecule has 0 aliphatic carbocycles. The van der Waals surface area contributed by atoms with E-state index < -0.39 is 0 Å². The lowest BCUT2D eigenvalue weighted by Gasteiger charge is -2.18. The number of benzene rings is 2. The lowest BCUT2D eigenvalue weighted by atomic mass is 10.1. The zero-order valence-corrected chi connectivity index (χ0v) is 19.7. The fourth-order valence-corrected chi connectivity index (χ4v) is 4.22.